The lowest BCUT2D eigenvalue weighted by Crippen LogP contribution is -2.66. The first-order valence-corrected chi connectivity index (χ1v) is 26.7. The molecule has 3 saturated heterocycles. The molecule has 4 heterocycles. The monoisotopic (exact) mass is 1030 g/mol. The Morgan fingerprint density at radius 3 is 2.08 bits per heavy atom. The zero-order valence-electron chi connectivity index (χ0n) is 42.5. The zero-order valence-corrected chi connectivity index (χ0v) is 42.5. The number of fused-ring (bicyclic) bond motifs is 7. The predicted octanol–water partition coefficient (Wildman–Crippen LogP) is -0.367. The molecule has 20 heteroatoms. The Kier molecular flexibility index (Phi) is 16.7. The number of aliphatic hydroxyl groups excluding tert-OH is 12. The number of aliphatic hydroxyl groups is 12. The van der Waals surface area contributed by atoms with Crippen molar-refractivity contribution in [1.82, 2.24) is 0 Å². The summed E-state index contributed by atoms with van der Waals surface area (Å²) in [7, 11) is 0. The molecule has 1 unspecified atom stereocenters. The Morgan fingerprint density at radius 1 is 0.681 bits per heavy atom. The maximum Gasteiger partial charge on any atom is 0.187 e. The first-order valence-electron chi connectivity index (χ1n) is 26.7. The Bertz CT molecular complexity index is 1920. The molecule has 0 aromatic heterocycles. The summed E-state index contributed by atoms with van der Waals surface area (Å²) in [6, 6.07) is 0. The largest absolute Gasteiger partial charge is 0.494 e. The third kappa shape index (κ3) is 9.91. The highest BCUT2D eigenvalue weighted by Crippen LogP contribution is 2.69. The fraction of sp³-hybridized carbons (Fsp3) is 0.923. The van der Waals surface area contributed by atoms with Crippen molar-refractivity contribution in [2.45, 2.75) is 234 Å². The van der Waals surface area contributed by atoms with Crippen LogP contribution in [0.25, 0.3) is 0 Å². The molecule has 0 aromatic rings. The second-order valence-corrected chi connectivity index (χ2v) is 23.8. The first kappa shape index (κ1) is 55.3. The second-order valence-electron chi connectivity index (χ2n) is 23.8. The van der Waals surface area contributed by atoms with Crippen LogP contribution in [-0.2, 0) is 37.9 Å². The minimum Gasteiger partial charge on any atom is -0.494 e. The van der Waals surface area contributed by atoms with Crippen LogP contribution in [0.4, 0.5) is 0 Å². The Balaban J connectivity index is 0.849. The molecule has 0 bridgehead atoms. The molecule has 0 amide bonds. The van der Waals surface area contributed by atoms with Gasteiger partial charge in [0.2, 0.25) is 0 Å². The summed E-state index contributed by atoms with van der Waals surface area (Å²) < 4.78 is 49.6. The molecule has 12 N–H and O–H groups in total. The SMILES string of the molecule is CC1=C(CC[C@@H](C)CO[C@@H]2O[C@H](CO)[C@@H](O)[C@H](O)[C@H]2O)O[C@H]2CC3[C@@H]4CC=C5C[C@@H](O[C@@H]6O[C@H](CO)[C@@H](O[C@@H]7C[C@@H](C)[C@H](O)[C@@H](O)[C@H]7O)[C@H](O)[C@H]6O[C@@H]6O[C@@H](C)[C@H](O)[C@@H](O)[C@H]6O)CC[C@]5(C)[C@H]4CC[C@]3(C)[C@@H]12. The molecule has 4 aliphatic heterocycles. The van der Waals surface area contributed by atoms with Gasteiger partial charge in [0.05, 0.1) is 50.0 Å². The topological polar surface area (TPSA) is 317 Å². The molecule has 5 aliphatic carbocycles. The minimum absolute atomic E-state index is 0.0746. The summed E-state index contributed by atoms with van der Waals surface area (Å²) >= 11 is 0. The van der Waals surface area contributed by atoms with Crippen molar-refractivity contribution in [2.75, 3.05) is 19.8 Å². The molecule has 72 heavy (non-hydrogen) atoms. The van der Waals surface area contributed by atoms with Crippen LogP contribution >= 0.6 is 0 Å². The van der Waals surface area contributed by atoms with Gasteiger partial charge in [-0.3, -0.25) is 0 Å². The molecule has 412 valence electrons. The van der Waals surface area contributed by atoms with Gasteiger partial charge in [-0.15, -0.1) is 0 Å². The molecule has 0 aromatic carbocycles. The van der Waals surface area contributed by atoms with Crippen LogP contribution in [0.15, 0.2) is 23.0 Å². The summed E-state index contributed by atoms with van der Waals surface area (Å²) in [5.41, 5.74) is 2.64. The summed E-state index contributed by atoms with van der Waals surface area (Å²) in [6.45, 7) is 11.5. The van der Waals surface area contributed by atoms with Crippen molar-refractivity contribution in [3.63, 3.8) is 0 Å². The average molecular weight is 1030 g/mol. The van der Waals surface area contributed by atoms with Gasteiger partial charge in [-0.25, -0.2) is 0 Å². The number of hydrogen-bond acceptors (Lipinski definition) is 20. The highest BCUT2D eigenvalue weighted by molar-refractivity contribution is 5.30. The van der Waals surface area contributed by atoms with Gasteiger partial charge in [0.25, 0.3) is 0 Å². The lowest BCUT2D eigenvalue weighted by molar-refractivity contribution is -0.376. The number of ether oxygens (including phenoxy) is 8. The van der Waals surface area contributed by atoms with Crippen LogP contribution in [0.5, 0.6) is 0 Å². The molecular weight excluding hydrogens is 945 g/mol. The quantitative estimate of drug-likeness (QED) is 0.0989. The van der Waals surface area contributed by atoms with Crippen molar-refractivity contribution < 1.29 is 99.2 Å². The third-order valence-corrected chi connectivity index (χ3v) is 19.3. The van der Waals surface area contributed by atoms with Crippen LogP contribution < -0.4 is 0 Å². The third-order valence-electron chi connectivity index (χ3n) is 19.3. The van der Waals surface area contributed by atoms with E-state index in [1.54, 1.807) is 6.92 Å². The molecule has 20 nitrogen and oxygen atoms in total. The van der Waals surface area contributed by atoms with Crippen molar-refractivity contribution in [3.8, 4) is 0 Å². The molecule has 0 radical (unpaired) electrons. The van der Waals surface area contributed by atoms with E-state index in [1.165, 1.54) is 18.1 Å². The van der Waals surface area contributed by atoms with Crippen molar-refractivity contribution >= 4 is 0 Å². The van der Waals surface area contributed by atoms with Gasteiger partial charge >= 0.3 is 0 Å². The fourth-order valence-corrected chi connectivity index (χ4v) is 14.9. The Hall–Kier alpha value is -1.48. The highest BCUT2D eigenvalue weighted by atomic mass is 16.8. The van der Waals surface area contributed by atoms with E-state index in [-0.39, 0.29) is 42.0 Å². The van der Waals surface area contributed by atoms with Crippen LogP contribution in [0, 0.1) is 46.3 Å². The van der Waals surface area contributed by atoms with E-state index in [2.05, 4.69) is 26.8 Å². The van der Waals surface area contributed by atoms with E-state index in [9.17, 15) is 61.3 Å². The molecule has 7 fully saturated rings. The molecule has 9 rings (SSSR count). The maximum atomic E-state index is 12.1. The normalized spacial score (nSPS) is 52.9. The van der Waals surface area contributed by atoms with Crippen LogP contribution in [0.1, 0.15) is 106 Å². The number of hydrogen-bond donors (Lipinski definition) is 12. The summed E-state index contributed by atoms with van der Waals surface area (Å²) in [6.07, 6.45) is -16.0. The smallest absolute Gasteiger partial charge is 0.187 e. The lowest BCUT2D eigenvalue weighted by atomic mass is 9.47. The lowest BCUT2D eigenvalue weighted by Gasteiger charge is -2.58. The van der Waals surface area contributed by atoms with Gasteiger partial charge in [0.1, 0.15) is 85.5 Å². The van der Waals surface area contributed by atoms with Gasteiger partial charge in [-0.05, 0) is 118 Å². The van der Waals surface area contributed by atoms with E-state index >= 15 is 0 Å². The Labute approximate surface area is 421 Å². The van der Waals surface area contributed by atoms with Gasteiger partial charge in [-0.2, -0.15) is 0 Å². The zero-order chi connectivity index (χ0) is 51.9. The van der Waals surface area contributed by atoms with E-state index in [0.717, 1.165) is 50.7 Å². The number of allylic oxidation sites excluding steroid dienone is 2. The molecule has 9 aliphatic rings. The molecule has 0 spiro atoms. The van der Waals surface area contributed by atoms with Crippen molar-refractivity contribution in [3.05, 3.63) is 23.0 Å². The van der Waals surface area contributed by atoms with Crippen LogP contribution in [-0.4, -0.2) is 210 Å². The molecule has 29 atom stereocenters. The first-order chi connectivity index (χ1) is 34.1. The van der Waals surface area contributed by atoms with Crippen LogP contribution in [0.2, 0.25) is 0 Å². The van der Waals surface area contributed by atoms with E-state index in [0.29, 0.717) is 36.5 Å². The van der Waals surface area contributed by atoms with Gasteiger partial charge in [-0.1, -0.05) is 39.3 Å². The number of rotatable bonds is 14. The second kappa shape index (κ2) is 21.7. The predicted molar refractivity (Wildman–Crippen MR) is 251 cm³/mol. The highest BCUT2D eigenvalue weighted by Gasteiger charge is 2.64. The summed E-state index contributed by atoms with van der Waals surface area (Å²) in [5.74, 6) is 2.38. The van der Waals surface area contributed by atoms with Crippen LogP contribution in [0.3, 0.4) is 0 Å². The van der Waals surface area contributed by atoms with Gasteiger partial charge in [0.15, 0.2) is 18.9 Å². The van der Waals surface area contributed by atoms with Gasteiger partial charge in [0, 0.05) is 12.3 Å². The van der Waals surface area contributed by atoms with E-state index in [1.807, 2.05) is 6.92 Å². The van der Waals surface area contributed by atoms with Crippen molar-refractivity contribution in [2.24, 2.45) is 46.3 Å². The summed E-state index contributed by atoms with van der Waals surface area (Å²) in [5, 5.41) is 127. The van der Waals surface area contributed by atoms with E-state index < -0.39 is 136 Å². The molecule has 4 saturated carbocycles. The fourth-order valence-electron chi connectivity index (χ4n) is 14.9. The maximum absolute atomic E-state index is 12.1. The standard InChI is InChI=1S/C52H84O20/c1-21(20-65-48-43(62)42(61)39(58)33(18-53)70-48)7-10-30-23(3)35-31(68-30)17-29-27-9-8-25-16-26(11-13-51(25,5)28(27)12-14-52(29,35)6)67-50-47(72-49-44(63)41(60)37(56)24(4)66-49)45(64)46(34(19-54)71-50)69-32-15-22(2)36(55)40(59)38(32)57/h8,21-22,24,26-29,31-50,53-64H,7,9-20H2,1-6H3/t21-,22-,24+,26+,27-,28+,29?,31+,32-,33-,34-,35+,36+,37+,38+,39-,40-,41-,42+,43-,44-,45+,46-,47-,48-,49+,50-,51+,52+/m1/s1. The molecular formula is C52H84O20. The minimum atomic E-state index is -1.71. The van der Waals surface area contributed by atoms with E-state index in [4.69, 9.17) is 37.9 Å². The van der Waals surface area contributed by atoms with Crippen molar-refractivity contribution in [1.29, 1.82) is 0 Å². The summed E-state index contributed by atoms with van der Waals surface area (Å²) in [4.78, 5) is 0. The Morgan fingerprint density at radius 2 is 1.36 bits per heavy atom. The van der Waals surface area contributed by atoms with Gasteiger partial charge < -0.3 is 99.2 Å². The average Bonchev–Trinajstić information content (AvgIpc) is 3.85.